The molecule has 1 aromatic heterocycles. The molecule has 0 radical (unpaired) electrons. The molecular formula is C19H27IN4OS. The third-order valence-corrected chi connectivity index (χ3v) is 4.62. The molecule has 7 heteroatoms. The van der Waals surface area contributed by atoms with Crippen molar-refractivity contribution >= 4 is 47.2 Å². The van der Waals surface area contributed by atoms with Crippen molar-refractivity contribution in [2.75, 3.05) is 13.1 Å². The number of carbonyl (C=O) groups excluding carboxylic acids is 1. The van der Waals surface area contributed by atoms with Crippen LogP contribution >= 0.6 is 35.3 Å². The quantitative estimate of drug-likeness (QED) is 0.304. The lowest BCUT2D eigenvalue weighted by atomic mass is 10.1. The van der Waals surface area contributed by atoms with Crippen molar-refractivity contribution in [3.8, 4) is 0 Å². The molecule has 1 amide bonds. The van der Waals surface area contributed by atoms with Gasteiger partial charge in [0.25, 0.3) is 0 Å². The number of hydrogen-bond donors (Lipinski definition) is 3. The minimum Gasteiger partial charge on any atom is -0.366 e. The van der Waals surface area contributed by atoms with Crippen LogP contribution in [0.5, 0.6) is 0 Å². The second-order valence-corrected chi connectivity index (χ2v) is 7.06. The van der Waals surface area contributed by atoms with Crippen LogP contribution in [-0.2, 0) is 13.0 Å². The van der Waals surface area contributed by atoms with Gasteiger partial charge < -0.3 is 16.4 Å². The lowest BCUT2D eigenvalue weighted by Crippen LogP contribution is -2.39. The van der Waals surface area contributed by atoms with Crippen molar-refractivity contribution in [1.29, 1.82) is 0 Å². The van der Waals surface area contributed by atoms with Crippen molar-refractivity contribution in [2.45, 2.75) is 26.8 Å². The fourth-order valence-electron chi connectivity index (χ4n) is 2.45. The summed E-state index contributed by atoms with van der Waals surface area (Å²) in [5.74, 6) is 0.879. The lowest BCUT2D eigenvalue weighted by Gasteiger charge is -2.15. The number of nitrogens with two attached hydrogens (primary N) is 1. The van der Waals surface area contributed by atoms with Crippen molar-refractivity contribution in [2.24, 2.45) is 16.6 Å². The molecule has 0 aliphatic rings. The number of guanidine groups is 1. The van der Waals surface area contributed by atoms with Crippen LogP contribution in [-0.4, -0.2) is 25.0 Å². The molecule has 1 unspecified atom stereocenters. The van der Waals surface area contributed by atoms with Gasteiger partial charge in [0.15, 0.2) is 5.96 Å². The zero-order valence-corrected chi connectivity index (χ0v) is 18.3. The average Bonchev–Trinajstić information content (AvgIpc) is 3.10. The van der Waals surface area contributed by atoms with Crippen LogP contribution in [0.1, 0.15) is 34.6 Å². The van der Waals surface area contributed by atoms with Crippen molar-refractivity contribution in [3.63, 3.8) is 0 Å². The first-order chi connectivity index (χ1) is 12.1. The Kier molecular flexibility index (Phi) is 10.3. The number of hydrogen-bond acceptors (Lipinski definition) is 3. The molecule has 1 atom stereocenters. The van der Waals surface area contributed by atoms with Gasteiger partial charge in [-0.3, -0.25) is 4.79 Å². The molecule has 0 bridgehead atoms. The summed E-state index contributed by atoms with van der Waals surface area (Å²) in [7, 11) is 0. The molecule has 1 heterocycles. The summed E-state index contributed by atoms with van der Waals surface area (Å²) < 4.78 is 0. The van der Waals surface area contributed by atoms with Crippen LogP contribution < -0.4 is 16.4 Å². The number of nitrogens with one attached hydrogen (secondary N) is 2. The molecular weight excluding hydrogens is 459 g/mol. The molecule has 0 aliphatic carbocycles. The van der Waals surface area contributed by atoms with E-state index in [-0.39, 0.29) is 24.0 Å². The highest BCUT2D eigenvalue weighted by Crippen LogP contribution is 2.13. The fourth-order valence-corrected chi connectivity index (χ4v) is 3.32. The van der Waals surface area contributed by atoms with Crippen LogP contribution in [0.15, 0.2) is 46.8 Å². The summed E-state index contributed by atoms with van der Waals surface area (Å²) >= 11 is 1.80. The summed E-state index contributed by atoms with van der Waals surface area (Å²) in [5, 5.41) is 8.76. The van der Waals surface area contributed by atoms with Crippen molar-refractivity contribution < 1.29 is 4.79 Å². The highest BCUT2D eigenvalue weighted by molar-refractivity contribution is 14.0. The Bertz CT molecular complexity index is 703. The zero-order chi connectivity index (χ0) is 18.1. The summed E-state index contributed by atoms with van der Waals surface area (Å²) in [6.45, 7) is 6.42. The summed E-state index contributed by atoms with van der Waals surface area (Å²) in [5.41, 5.74) is 6.79. The number of benzene rings is 1. The number of rotatable bonds is 8. The molecule has 4 N–H and O–H groups in total. The Morgan fingerprint density at radius 2 is 2.08 bits per heavy atom. The minimum atomic E-state index is -0.418. The Hall–Kier alpha value is -1.61. The molecule has 0 aliphatic heterocycles. The fraction of sp³-hybridized carbons (Fsp3) is 0.368. The Morgan fingerprint density at radius 1 is 1.27 bits per heavy atom. The van der Waals surface area contributed by atoms with Gasteiger partial charge in [0, 0.05) is 23.5 Å². The van der Waals surface area contributed by atoms with Crippen LogP contribution in [0.4, 0.5) is 0 Å². The first-order valence-electron chi connectivity index (χ1n) is 8.51. The maximum absolute atomic E-state index is 11.3. The number of halogens is 1. The van der Waals surface area contributed by atoms with E-state index in [1.807, 2.05) is 19.1 Å². The van der Waals surface area contributed by atoms with Crippen molar-refractivity contribution in [3.05, 3.63) is 57.8 Å². The van der Waals surface area contributed by atoms with Gasteiger partial charge in [0.2, 0.25) is 5.91 Å². The van der Waals surface area contributed by atoms with Gasteiger partial charge in [-0.05, 0) is 48.4 Å². The topological polar surface area (TPSA) is 79.5 Å². The normalized spacial score (nSPS) is 12.2. The number of carbonyl (C=O) groups is 1. The third-order valence-electron chi connectivity index (χ3n) is 3.72. The minimum absolute atomic E-state index is 0. The molecule has 2 aromatic rings. The predicted molar refractivity (Wildman–Crippen MR) is 120 cm³/mol. The lowest BCUT2D eigenvalue weighted by molar-refractivity contribution is 0.1000. The largest absolute Gasteiger partial charge is 0.366 e. The van der Waals surface area contributed by atoms with Gasteiger partial charge >= 0.3 is 0 Å². The SMILES string of the molecule is CCNC(=NCc1cccc(C(N)=O)c1)NCC(C)Cc1cccs1.I. The standard InChI is InChI=1S/C19H26N4OS.HI/c1-3-21-19(22-12-14(2)10-17-8-5-9-25-17)23-13-15-6-4-7-16(11-15)18(20)24;/h4-9,11,14H,3,10,12-13H2,1-2H3,(H2,20,24)(H2,21,22,23);1H. The molecule has 0 spiro atoms. The smallest absolute Gasteiger partial charge is 0.248 e. The Balaban J connectivity index is 0.00000338. The first-order valence-corrected chi connectivity index (χ1v) is 9.39. The molecule has 0 saturated carbocycles. The number of amides is 1. The molecule has 5 nitrogen and oxygen atoms in total. The van der Waals surface area contributed by atoms with Gasteiger partial charge in [-0.1, -0.05) is 25.1 Å². The highest BCUT2D eigenvalue weighted by Gasteiger charge is 2.06. The molecule has 1 aromatic carbocycles. The van der Waals surface area contributed by atoms with Crippen LogP contribution in [0.25, 0.3) is 0 Å². The maximum atomic E-state index is 11.3. The molecule has 0 saturated heterocycles. The van der Waals surface area contributed by atoms with E-state index in [0.717, 1.165) is 31.0 Å². The van der Waals surface area contributed by atoms with Crippen LogP contribution in [0.3, 0.4) is 0 Å². The number of primary amides is 1. The maximum Gasteiger partial charge on any atom is 0.248 e. The van der Waals surface area contributed by atoms with E-state index in [4.69, 9.17) is 5.73 Å². The number of aliphatic imine (C=N–C) groups is 1. The number of nitrogens with zero attached hydrogens (tertiary/aromatic N) is 1. The Labute approximate surface area is 176 Å². The van der Waals surface area contributed by atoms with Gasteiger partial charge in [-0.25, -0.2) is 4.99 Å². The molecule has 2 rings (SSSR count). The monoisotopic (exact) mass is 486 g/mol. The van der Waals surface area contributed by atoms with E-state index in [1.54, 1.807) is 23.5 Å². The van der Waals surface area contributed by atoms with Crippen molar-refractivity contribution in [1.82, 2.24) is 10.6 Å². The average molecular weight is 486 g/mol. The molecule has 142 valence electrons. The van der Waals surface area contributed by atoms with E-state index in [1.165, 1.54) is 4.88 Å². The van der Waals surface area contributed by atoms with E-state index in [0.29, 0.717) is 18.0 Å². The van der Waals surface area contributed by atoms with Gasteiger partial charge in [0.05, 0.1) is 6.54 Å². The number of thiophene rings is 1. The van der Waals surface area contributed by atoms with Gasteiger partial charge in [-0.15, -0.1) is 35.3 Å². The van der Waals surface area contributed by atoms with E-state index in [9.17, 15) is 4.79 Å². The van der Waals surface area contributed by atoms with E-state index in [2.05, 4.69) is 40.1 Å². The third kappa shape index (κ3) is 7.74. The first kappa shape index (κ1) is 22.4. The Morgan fingerprint density at radius 3 is 2.73 bits per heavy atom. The zero-order valence-electron chi connectivity index (χ0n) is 15.2. The highest BCUT2D eigenvalue weighted by atomic mass is 127. The molecule has 26 heavy (non-hydrogen) atoms. The summed E-state index contributed by atoms with van der Waals surface area (Å²) in [4.78, 5) is 17.3. The van der Waals surface area contributed by atoms with Crippen LogP contribution in [0, 0.1) is 5.92 Å². The van der Waals surface area contributed by atoms with E-state index >= 15 is 0 Å². The summed E-state index contributed by atoms with van der Waals surface area (Å²) in [6.07, 6.45) is 1.06. The summed E-state index contributed by atoms with van der Waals surface area (Å²) in [6, 6.07) is 11.5. The molecule has 0 fully saturated rings. The second-order valence-electron chi connectivity index (χ2n) is 6.03. The van der Waals surface area contributed by atoms with E-state index < -0.39 is 5.91 Å². The second kappa shape index (κ2) is 11.9. The predicted octanol–water partition coefficient (Wildman–Crippen LogP) is 3.40. The van der Waals surface area contributed by atoms with Crippen LogP contribution in [0.2, 0.25) is 0 Å². The van der Waals surface area contributed by atoms with Gasteiger partial charge in [0.1, 0.15) is 0 Å². The van der Waals surface area contributed by atoms with Gasteiger partial charge in [-0.2, -0.15) is 0 Å².